The van der Waals surface area contributed by atoms with Crippen LogP contribution in [-0.4, -0.2) is 29.1 Å². The molecule has 2 amide bonds. The average molecular weight is 313 g/mol. The highest BCUT2D eigenvalue weighted by Gasteiger charge is 2.51. The van der Waals surface area contributed by atoms with Crippen LogP contribution in [0.1, 0.15) is 11.1 Å². The number of nitrogens with zero attached hydrogens (tertiary/aromatic N) is 1. The molecular weight excluding hydrogens is 304 g/mol. The van der Waals surface area contributed by atoms with Crippen molar-refractivity contribution in [3.05, 3.63) is 35.4 Å². The molecule has 0 aliphatic rings. The van der Waals surface area contributed by atoms with Crippen molar-refractivity contribution in [1.82, 2.24) is 4.90 Å². The Kier molecular flexibility index (Phi) is 4.65. The molecule has 9 heteroatoms. The molecule has 0 heterocycles. The van der Waals surface area contributed by atoms with Gasteiger partial charge in [0, 0.05) is 0 Å². The van der Waals surface area contributed by atoms with E-state index in [1.54, 1.807) is 13.0 Å². The molecule has 0 spiro atoms. The number of amides is 2. The van der Waals surface area contributed by atoms with Crippen molar-refractivity contribution in [2.75, 3.05) is 0 Å². The van der Waals surface area contributed by atoms with Crippen LogP contribution in [0.2, 0.25) is 0 Å². The van der Waals surface area contributed by atoms with E-state index in [-0.39, 0.29) is 5.56 Å². The Bertz CT molecular complexity index is 523. The van der Waals surface area contributed by atoms with Gasteiger partial charge in [0.15, 0.2) is 0 Å². The number of hydrogen-bond donors (Lipinski definition) is 0. The van der Waals surface area contributed by atoms with Crippen molar-refractivity contribution in [2.24, 2.45) is 0 Å². The Labute approximate surface area is 115 Å². The van der Waals surface area contributed by atoms with Crippen LogP contribution in [-0.2, 0) is 16.1 Å². The van der Waals surface area contributed by atoms with Crippen molar-refractivity contribution in [3.63, 3.8) is 0 Å². The first-order valence-corrected chi connectivity index (χ1v) is 5.48. The Balaban J connectivity index is 3.14. The van der Waals surface area contributed by atoms with Gasteiger partial charge in [-0.3, -0.25) is 14.5 Å². The number of carbonyl (C=O) groups excluding carboxylic acids is 2. The first-order valence-electron chi connectivity index (χ1n) is 5.48. The van der Waals surface area contributed by atoms with Gasteiger partial charge in [0.1, 0.15) is 0 Å². The summed E-state index contributed by atoms with van der Waals surface area (Å²) in [7, 11) is 0. The first-order chi connectivity index (χ1) is 9.43. The van der Waals surface area contributed by atoms with Gasteiger partial charge in [0.05, 0.1) is 6.54 Å². The van der Waals surface area contributed by atoms with Gasteiger partial charge in [-0.1, -0.05) is 29.8 Å². The summed E-state index contributed by atoms with van der Waals surface area (Å²) >= 11 is 0. The lowest BCUT2D eigenvalue weighted by atomic mass is 10.1. The van der Waals surface area contributed by atoms with E-state index in [0.717, 1.165) is 0 Å². The van der Waals surface area contributed by atoms with Gasteiger partial charge in [-0.25, -0.2) is 0 Å². The highest BCUT2D eigenvalue weighted by molar-refractivity contribution is 6.00. The van der Waals surface area contributed by atoms with E-state index in [0.29, 0.717) is 5.56 Å². The van der Waals surface area contributed by atoms with E-state index in [9.17, 15) is 35.9 Å². The lowest BCUT2D eigenvalue weighted by Crippen LogP contribution is -2.49. The van der Waals surface area contributed by atoms with Gasteiger partial charge in [-0.05, 0) is 12.5 Å². The summed E-state index contributed by atoms with van der Waals surface area (Å²) in [6, 6.07) is 5.44. The van der Waals surface area contributed by atoms with Gasteiger partial charge in [0.2, 0.25) is 0 Å². The molecule has 116 valence electrons. The topological polar surface area (TPSA) is 37.4 Å². The summed E-state index contributed by atoms with van der Waals surface area (Å²) < 4.78 is 73.9. The van der Waals surface area contributed by atoms with Gasteiger partial charge >= 0.3 is 24.2 Å². The zero-order valence-corrected chi connectivity index (χ0v) is 10.5. The third kappa shape index (κ3) is 4.47. The average Bonchev–Trinajstić information content (AvgIpc) is 2.32. The fourth-order valence-corrected chi connectivity index (χ4v) is 1.53. The maximum atomic E-state index is 12.3. The minimum absolute atomic E-state index is 0.0230. The lowest BCUT2D eigenvalue weighted by Gasteiger charge is -2.23. The zero-order valence-electron chi connectivity index (χ0n) is 10.5. The molecule has 0 atom stereocenters. The van der Waals surface area contributed by atoms with E-state index < -0.39 is 35.6 Å². The van der Waals surface area contributed by atoms with Crippen LogP contribution in [0.3, 0.4) is 0 Å². The summed E-state index contributed by atoms with van der Waals surface area (Å²) in [5, 5.41) is 0. The SMILES string of the molecule is Cc1cccc(CN(C(=O)C(F)(F)F)C(=O)C(F)(F)F)c1. The summed E-state index contributed by atoms with van der Waals surface area (Å²) in [5.74, 6) is -5.71. The van der Waals surface area contributed by atoms with Crippen LogP contribution in [0.25, 0.3) is 0 Å². The molecule has 0 radical (unpaired) electrons. The molecule has 1 aromatic carbocycles. The molecule has 0 N–H and O–H groups in total. The van der Waals surface area contributed by atoms with Crippen LogP contribution in [0, 0.1) is 6.92 Å². The Morgan fingerprint density at radius 3 is 1.86 bits per heavy atom. The van der Waals surface area contributed by atoms with Crippen LogP contribution in [0.5, 0.6) is 0 Å². The fraction of sp³-hybridized carbons (Fsp3) is 0.333. The maximum absolute atomic E-state index is 12.3. The quantitative estimate of drug-likeness (QED) is 0.787. The molecule has 0 saturated carbocycles. The lowest BCUT2D eigenvalue weighted by molar-refractivity contribution is -0.204. The Hall–Kier alpha value is -2.06. The van der Waals surface area contributed by atoms with Crippen molar-refractivity contribution in [3.8, 4) is 0 Å². The number of rotatable bonds is 2. The molecule has 0 aliphatic heterocycles. The predicted molar refractivity (Wildman–Crippen MR) is 58.8 cm³/mol. The molecule has 1 aromatic rings. The van der Waals surface area contributed by atoms with Gasteiger partial charge < -0.3 is 0 Å². The summed E-state index contributed by atoms with van der Waals surface area (Å²) in [6.45, 7) is 0.448. The summed E-state index contributed by atoms with van der Waals surface area (Å²) in [5.41, 5.74) is 0.538. The van der Waals surface area contributed by atoms with E-state index in [4.69, 9.17) is 0 Å². The second-order valence-electron chi connectivity index (χ2n) is 4.18. The largest absolute Gasteiger partial charge is 0.471 e. The van der Waals surface area contributed by atoms with Gasteiger partial charge in [0.25, 0.3) is 0 Å². The molecule has 0 bridgehead atoms. The summed E-state index contributed by atoms with van der Waals surface area (Å²) in [6.07, 6.45) is -11.2. The van der Waals surface area contributed by atoms with Crippen LogP contribution < -0.4 is 0 Å². The van der Waals surface area contributed by atoms with E-state index >= 15 is 0 Å². The number of halogens is 6. The minimum atomic E-state index is -5.58. The molecule has 0 unspecified atom stereocenters. The van der Waals surface area contributed by atoms with Gasteiger partial charge in [-0.15, -0.1) is 0 Å². The smallest absolute Gasteiger partial charge is 0.264 e. The van der Waals surface area contributed by atoms with E-state index in [1.807, 2.05) is 0 Å². The predicted octanol–water partition coefficient (Wildman–Crippen LogP) is 2.97. The van der Waals surface area contributed by atoms with Crippen LogP contribution in [0.4, 0.5) is 26.3 Å². The first kappa shape index (κ1) is 17.0. The number of alkyl halides is 6. The molecule has 1 rings (SSSR count). The highest BCUT2D eigenvalue weighted by Crippen LogP contribution is 2.25. The third-order valence-corrected chi connectivity index (χ3v) is 2.40. The van der Waals surface area contributed by atoms with Crippen LogP contribution >= 0.6 is 0 Å². The molecule has 0 fully saturated rings. The van der Waals surface area contributed by atoms with Crippen molar-refractivity contribution in [2.45, 2.75) is 25.8 Å². The number of imide groups is 1. The Morgan fingerprint density at radius 1 is 1.00 bits per heavy atom. The second-order valence-corrected chi connectivity index (χ2v) is 4.18. The third-order valence-electron chi connectivity index (χ3n) is 2.40. The fourth-order valence-electron chi connectivity index (χ4n) is 1.53. The van der Waals surface area contributed by atoms with Crippen LogP contribution in [0.15, 0.2) is 24.3 Å². The number of benzene rings is 1. The van der Waals surface area contributed by atoms with E-state index in [2.05, 4.69) is 0 Å². The Morgan fingerprint density at radius 2 is 1.48 bits per heavy atom. The molecule has 0 saturated heterocycles. The molecule has 0 aromatic heterocycles. The zero-order chi connectivity index (χ0) is 16.4. The van der Waals surface area contributed by atoms with Crippen molar-refractivity contribution in [1.29, 1.82) is 0 Å². The molecule has 3 nitrogen and oxygen atoms in total. The van der Waals surface area contributed by atoms with Crippen molar-refractivity contribution >= 4 is 11.8 Å². The molecule has 21 heavy (non-hydrogen) atoms. The highest BCUT2D eigenvalue weighted by atomic mass is 19.4. The number of aryl methyl sites for hydroxylation is 1. The molecular formula is C12H9F6NO2. The standard InChI is InChI=1S/C12H9F6NO2/c1-7-3-2-4-8(5-7)6-19(9(20)11(13,14)15)10(21)12(16,17)18/h2-5H,6H2,1H3. The minimum Gasteiger partial charge on any atom is -0.264 e. The summed E-state index contributed by atoms with van der Waals surface area (Å²) in [4.78, 5) is 21.2. The van der Waals surface area contributed by atoms with E-state index in [1.165, 1.54) is 18.2 Å². The molecule has 0 aliphatic carbocycles. The van der Waals surface area contributed by atoms with Gasteiger partial charge in [-0.2, -0.15) is 26.3 Å². The number of hydrogen-bond acceptors (Lipinski definition) is 2. The van der Waals surface area contributed by atoms with Crippen molar-refractivity contribution < 1.29 is 35.9 Å². The normalized spacial score (nSPS) is 12.1. The number of carbonyl (C=O) groups is 2. The monoisotopic (exact) mass is 313 g/mol. The second kappa shape index (κ2) is 5.74. The maximum Gasteiger partial charge on any atom is 0.471 e.